The molecule has 1 N–H and O–H groups in total. The first-order valence-electron chi connectivity index (χ1n) is 8.15. The van der Waals surface area contributed by atoms with E-state index in [1.165, 1.54) is 0 Å². The van der Waals surface area contributed by atoms with Gasteiger partial charge in [-0.1, -0.05) is 15.9 Å². The van der Waals surface area contributed by atoms with E-state index in [-0.39, 0.29) is 11.8 Å². The molecule has 0 aliphatic carbocycles. The molecule has 1 amide bonds. The van der Waals surface area contributed by atoms with Crippen molar-refractivity contribution in [3.8, 4) is 0 Å². The van der Waals surface area contributed by atoms with Gasteiger partial charge < -0.3 is 10.2 Å². The third-order valence-corrected chi connectivity index (χ3v) is 4.69. The topological polar surface area (TPSA) is 58.1 Å². The lowest BCUT2D eigenvalue weighted by Gasteiger charge is -2.32. The Bertz CT molecular complexity index is 712. The van der Waals surface area contributed by atoms with Crippen LogP contribution in [0.4, 0.5) is 11.6 Å². The molecule has 1 aromatic carbocycles. The van der Waals surface area contributed by atoms with Crippen molar-refractivity contribution < 1.29 is 4.79 Å². The Morgan fingerprint density at radius 2 is 1.88 bits per heavy atom. The number of nitrogens with one attached hydrogen (secondary N) is 1. The molecular formula is C18H21BrN4O. The second-order valence-electron chi connectivity index (χ2n) is 6.23. The molecule has 1 aromatic heterocycles. The van der Waals surface area contributed by atoms with Crippen LogP contribution in [0.5, 0.6) is 0 Å². The van der Waals surface area contributed by atoms with Gasteiger partial charge in [0.15, 0.2) is 0 Å². The number of piperidine rings is 1. The molecule has 3 rings (SSSR count). The van der Waals surface area contributed by atoms with Gasteiger partial charge in [-0.15, -0.1) is 0 Å². The number of carbonyl (C=O) groups is 1. The van der Waals surface area contributed by atoms with E-state index in [2.05, 4.69) is 36.1 Å². The molecule has 6 heteroatoms. The summed E-state index contributed by atoms with van der Waals surface area (Å²) in [6.45, 7) is 5.50. The lowest BCUT2D eigenvalue weighted by molar-refractivity contribution is -0.120. The van der Waals surface area contributed by atoms with Crippen LogP contribution in [0.2, 0.25) is 0 Å². The average molecular weight is 389 g/mol. The summed E-state index contributed by atoms with van der Waals surface area (Å²) in [4.78, 5) is 23.7. The van der Waals surface area contributed by atoms with E-state index in [4.69, 9.17) is 0 Å². The van der Waals surface area contributed by atoms with Gasteiger partial charge in [0.1, 0.15) is 0 Å². The van der Waals surface area contributed by atoms with Gasteiger partial charge >= 0.3 is 0 Å². The average Bonchev–Trinajstić information content (AvgIpc) is 2.56. The van der Waals surface area contributed by atoms with Gasteiger partial charge in [-0.2, -0.15) is 0 Å². The summed E-state index contributed by atoms with van der Waals surface area (Å²) in [5.41, 5.74) is 2.74. The van der Waals surface area contributed by atoms with Crippen molar-refractivity contribution in [1.82, 2.24) is 9.97 Å². The second-order valence-corrected chi connectivity index (χ2v) is 7.15. The number of aryl methyl sites for hydroxylation is 2. The number of amides is 1. The molecule has 5 nitrogen and oxygen atoms in total. The molecule has 0 bridgehead atoms. The van der Waals surface area contributed by atoms with E-state index in [1.54, 1.807) is 0 Å². The largest absolute Gasteiger partial charge is 0.340 e. The summed E-state index contributed by atoms with van der Waals surface area (Å²) < 4.78 is 0.997. The Morgan fingerprint density at radius 3 is 2.54 bits per heavy atom. The maximum atomic E-state index is 12.6. The maximum Gasteiger partial charge on any atom is 0.229 e. The fourth-order valence-electron chi connectivity index (χ4n) is 3.00. The predicted molar refractivity (Wildman–Crippen MR) is 99.2 cm³/mol. The SMILES string of the molecule is Cc1cc(C)nc(N2CCC[C@@H](C(=O)Nc3ccc(Br)cc3)C2)n1. The Hall–Kier alpha value is -1.95. The highest BCUT2D eigenvalue weighted by atomic mass is 79.9. The third-order valence-electron chi connectivity index (χ3n) is 4.16. The van der Waals surface area contributed by atoms with E-state index in [0.717, 1.165) is 46.9 Å². The number of rotatable bonds is 3. The zero-order valence-electron chi connectivity index (χ0n) is 13.9. The van der Waals surface area contributed by atoms with Crippen molar-refractivity contribution in [2.75, 3.05) is 23.3 Å². The van der Waals surface area contributed by atoms with E-state index in [9.17, 15) is 4.79 Å². The van der Waals surface area contributed by atoms with Gasteiger partial charge in [-0.05, 0) is 57.0 Å². The molecule has 0 radical (unpaired) electrons. The Labute approximate surface area is 150 Å². The molecule has 0 spiro atoms. The van der Waals surface area contributed by atoms with Crippen LogP contribution >= 0.6 is 15.9 Å². The molecule has 126 valence electrons. The molecule has 1 atom stereocenters. The Morgan fingerprint density at radius 1 is 1.21 bits per heavy atom. The molecule has 1 saturated heterocycles. The Balaban J connectivity index is 1.68. The summed E-state index contributed by atoms with van der Waals surface area (Å²) in [5, 5.41) is 3.01. The van der Waals surface area contributed by atoms with Crippen LogP contribution in [0.1, 0.15) is 24.2 Å². The summed E-state index contributed by atoms with van der Waals surface area (Å²) in [5.74, 6) is 0.742. The highest BCUT2D eigenvalue weighted by Gasteiger charge is 2.27. The normalized spacial score (nSPS) is 17.6. The fourth-order valence-corrected chi connectivity index (χ4v) is 3.26. The molecule has 1 fully saturated rings. The van der Waals surface area contributed by atoms with Crippen LogP contribution in [0.3, 0.4) is 0 Å². The molecule has 24 heavy (non-hydrogen) atoms. The highest BCUT2D eigenvalue weighted by Crippen LogP contribution is 2.23. The Kier molecular flexibility index (Phi) is 5.14. The van der Waals surface area contributed by atoms with Crippen LogP contribution in [0, 0.1) is 19.8 Å². The van der Waals surface area contributed by atoms with Crippen LogP contribution in [0.25, 0.3) is 0 Å². The molecule has 0 saturated carbocycles. The van der Waals surface area contributed by atoms with Crippen LogP contribution in [-0.4, -0.2) is 29.0 Å². The molecule has 2 heterocycles. The molecule has 1 aliphatic heterocycles. The first-order valence-corrected chi connectivity index (χ1v) is 8.94. The number of halogens is 1. The lowest BCUT2D eigenvalue weighted by Crippen LogP contribution is -2.41. The number of nitrogens with zero attached hydrogens (tertiary/aromatic N) is 3. The van der Waals surface area contributed by atoms with Gasteiger partial charge in [0, 0.05) is 34.6 Å². The number of hydrogen-bond donors (Lipinski definition) is 1. The summed E-state index contributed by atoms with van der Waals surface area (Å²) in [6.07, 6.45) is 1.86. The molecular weight excluding hydrogens is 368 g/mol. The van der Waals surface area contributed by atoms with Crippen molar-refractivity contribution in [2.45, 2.75) is 26.7 Å². The van der Waals surface area contributed by atoms with Gasteiger partial charge in [0.25, 0.3) is 0 Å². The first kappa shape index (κ1) is 16.9. The van der Waals surface area contributed by atoms with Crippen molar-refractivity contribution in [1.29, 1.82) is 0 Å². The minimum atomic E-state index is -0.0492. The van der Waals surface area contributed by atoms with Crippen molar-refractivity contribution in [2.24, 2.45) is 5.92 Å². The summed E-state index contributed by atoms with van der Waals surface area (Å²) >= 11 is 3.40. The minimum Gasteiger partial charge on any atom is -0.340 e. The minimum absolute atomic E-state index is 0.0492. The van der Waals surface area contributed by atoms with E-state index in [0.29, 0.717) is 6.54 Å². The zero-order chi connectivity index (χ0) is 17.1. The zero-order valence-corrected chi connectivity index (χ0v) is 15.5. The summed E-state index contributed by atoms with van der Waals surface area (Å²) in [7, 11) is 0. The maximum absolute atomic E-state index is 12.6. The number of aromatic nitrogens is 2. The molecule has 1 aliphatic rings. The van der Waals surface area contributed by atoms with Crippen molar-refractivity contribution in [3.63, 3.8) is 0 Å². The van der Waals surface area contributed by atoms with Gasteiger partial charge in [0.05, 0.1) is 5.92 Å². The number of carbonyl (C=O) groups excluding carboxylic acids is 1. The second kappa shape index (κ2) is 7.30. The number of hydrogen-bond acceptors (Lipinski definition) is 4. The fraction of sp³-hybridized carbons (Fsp3) is 0.389. The smallest absolute Gasteiger partial charge is 0.229 e. The summed E-state index contributed by atoms with van der Waals surface area (Å²) in [6, 6.07) is 9.61. The van der Waals surface area contributed by atoms with E-state index >= 15 is 0 Å². The number of anilines is 2. The van der Waals surface area contributed by atoms with Crippen LogP contribution < -0.4 is 10.2 Å². The lowest BCUT2D eigenvalue weighted by atomic mass is 9.97. The predicted octanol–water partition coefficient (Wildman–Crippen LogP) is 3.71. The van der Waals surface area contributed by atoms with Gasteiger partial charge in [0.2, 0.25) is 11.9 Å². The highest BCUT2D eigenvalue weighted by molar-refractivity contribution is 9.10. The first-order chi connectivity index (χ1) is 11.5. The monoisotopic (exact) mass is 388 g/mol. The van der Waals surface area contributed by atoms with Crippen LogP contribution in [0.15, 0.2) is 34.8 Å². The molecule has 0 unspecified atom stereocenters. The van der Waals surface area contributed by atoms with E-state index in [1.807, 2.05) is 44.2 Å². The van der Waals surface area contributed by atoms with Crippen LogP contribution in [-0.2, 0) is 4.79 Å². The van der Waals surface area contributed by atoms with Gasteiger partial charge in [-0.25, -0.2) is 9.97 Å². The van der Waals surface area contributed by atoms with Gasteiger partial charge in [-0.3, -0.25) is 4.79 Å². The van der Waals surface area contributed by atoms with Crippen molar-refractivity contribution in [3.05, 3.63) is 46.2 Å². The standard InChI is InChI=1S/C18H21BrN4O/c1-12-10-13(2)21-18(20-12)23-9-3-4-14(11-23)17(24)22-16-7-5-15(19)6-8-16/h5-8,10,14H,3-4,9,11H2,1-2H3,(H,22,24)/t14-/m1/s1. The third kappa shape index (κ3) is 4.12. The van der Waals surface area contributed by atoms with Crippen molar-refractivity contribution >= 4 is 33.5 Å². The quantitative estimate of drug-likeness (QED) is 0.870. The van der Waals surface area contributed by atoms with E-state index < -0.39 is 0 Å². The molecule has 2 aromatic rings. The number of benzene rings is 1.